The summed E-state index contributed by atoms with van der Waals surface area (Å²) in [6.45, 7) is 4.05. The van der Waals surface area contributed by atoms with Crippen LogP contribution in [0, 0.1) is 11.8 Å². The fourth-order valence-electron chi connectivity index (χ4n) is 2.36. The highest BCUT2D eigenvalue weighted by Gasteiger charge is 2.32. The van der Waals surface area contributed by atoms with Gasteiger partial charge in [0.2, 0.25) is 11.8 Å². The lowest BCUT2D eigenvalue weighted by atomic mass is 9.88. The van der Waals surface area contributed by atoms with Crippen LogP contribution >= 0.6 is 12.4 Å². The van der Waals surface area contributed by atoms with E-state index in [2.05, 4.69) is 5.32 Å². The highest BCUT2D eigenvalue weighted by atomic mass is 35.5. The Kier molecular flexibility index (Phi) is 6.65. The van der Waals surface area contributed by atoms with Crippen LogP contribution in [0.15, 0.2) is 30.3 Å². The standard InChI is InChI=1S/C15H21N3O2.ClH/c1-11(13-7-17-8-13)15(20)18(10-14(16)19)9-12-5-3-2-4-6-12;/h2-6,11,13,17H,7-10H2,1H3,(H2,16,19);1H. The topological polar surface area (TPSA) is 75.4 Å². The van der Waals surface area contributed by atoms with Gasteiger partial charge in [-0.1, -0.05) is 37.3 Å². The second-order valence-corrected chi connectivity index (χ2v) is 5.35. The number of carbonyl (C=O) groups excluding carboxylic acids is 2. The summed E-state index contributed by atoms with van der Waals surface area (Å²) < 4.78 is 0. The third kappa shape index (κ3) is 4.72. The number of nitrogens with zero attached hydrogens (tertiary/aromatic N) is 1. The van der Waals surface area contributed by atoms with Gasteiger partial charge in [0.15, 0.2) is 0 Å². The van der Waals surface area contributed by atoms with Gasteiger partial charge in [-0.05, 0) is 24.6 Å². The first-order valence-electron chi connectivity index (χ1n) is 6.89. The average Bonchev–Trinajstić information content (AvgIpc) is 2.35. The number of rotatable bonds is 6. The summed E-state index contributed by atoms with van der Waals surface area (Å²) in [4.78, 5) is 25.3. The number of benzene rings is 1. The summed E-state index contributed by atoms with van der Waals surface area (Å²) in [6.07, 6.45) is 0. The molecule has 2 amide bonds. The summed E-state index contributed by atoms with van der Waals surface area (Å²) in [6, 6.07) is 9.64. The normalized spacial score (nSPS) is 15.5. The van der Waals surface area contributed by atoms with E-state index in [1.165, 1.54) is 0 Å². The quantitative estimate of drug-likeness (QED) is 0.815. The average molecular weight is 312 g/mol. The number of halogens is 1. The van der Waals surface area contributed by atoms with Gasteiger partial charge in [-0.25, -0.2) is 0 Å². The SMILES string of the molecule is CC(C(=O)N(CC(N)=O)Cc1ccccc1)C1CNC1.Cl. The first kappa shape index (κ1) is 17.5. The molecule has 1 aliphatic rings. The molecule has 116 valence electrons. The molecule has 0 aliphatic carbocycles. The van der Waals surface area contributed by atoms with Crippen molar-refractivity contribution in [1.29, 1.82) is 0 Å². The number of amides is 2. The monoisotopic (exact) mass is 311 g/mol. The maximum absolute atomic E-state index is 12.5. The van der Waals surface area contributed by atoms with E-state index < -0.39 is 5.91 Å². The van der Waals surface area contributed by atoms with Crippen molar-refractivity contribution in [2.24, 2.45) is 17.6 Å². The van der Waals surface area contributed by atoms with Crippen molar-refractivity contribution in [3.8, 4) is 0 Å². The molecule has 0 radical (unpaired) electrons. The maximum atomic E-state index is 12.5. The zero-order valence-electron chi connectivity index (χ0n) is 12.1. The van der Waals surface area contributed by atoms with Crippen molar-refractivity contribution in [3.05, 3.63) is 35.9 Å². The van der Waals surface area contributed by atoms with Crippen molar-refractivity contribution < 1.29 is 9.59 Å². The molecule has 1 aliphatic heterocycles. The molecule has 0 aromatic heterocycles. The molecule has 1 fully saturated rings. The van der Waals surface area contributed by atoms with Crippen molar-refractivity contribution >= 4 is 24.2 Å². The first-order valence-corrected chi connectivity index (χ1v) is 6.89. The van der Waals surface area contributed by atoms with E-state index in [-0.39, 0.29) is 30.8 Å². The van der Waals surface area contributed by atoms with E-state index in [1.54, 1.807) is 4.90 Å². The Morgan fingerprint density at radius 3 is 2.43 bits per heavy atom. The van der Waals surface area contributed by atoms with E-state index in [0.29, 0.717) is 12.5 Å². The fraction of sp³-hybridized carbons (Fsp3) is 0.467. The number of carbonyl (C=O) groups is 2. The predicted molar refractivity (Wildman–Crippen MR) is 83.8 cm³/mol. The Labute approximate surface area is 131 Å². The minimum absolute atomic E-state index is 0. The van der Waals surface area contributed by atoms with Crippen LogP contribution in [0.4, 0.5) is 0 Å². The van der Waals surface area contributed by atoms with Crippen LogP contribution in [0.25, 0.3) is 0 Å². The molecule has 2 rings (SSSR count). The highest BCUT2D eigenvalue weighted by Crippen LogP contribution is 2.19. The zero-order valence-corrected chi connectivity index (χ0v) is 12.9. The van der Waals surface area contributed by atoms with Crippen molar-refractivity contribution in [3.63, 3.8) is 0 Å². The minimum atomic E-state index is -0.479. The van der Waals surface area contributed by atoms with Crippen molar-refractivity contribution in [2.45, 2.75) is 13.5 Å². The lowest BCUT2D eigenvalue weighted by Crippen LogP contribution is -2.51. The molecule has 1 aromatic carbocycles. The molecule has 5 nitrogen and oxygen atoms in total. The van der Waals surface area contributed by atoms with Crippen LogP contribution in [0.3, 0.4) is 0 Å². The van der Waals surface area contributed by atoms with E-state index >= 15 is 0 Å². The largest absolute Gasteiger partial charge is 0.368 e. The van der Waals surface area contributed by atoms with Crippen LogP contribution in [0.1, 0.15) is 12.5 Å². The van der Waals surface area contributed by atoms with E-state index in [0.717, 1.165) is 18.7 Å². The number of nitrogens with two attached hydrogens (primary N) is 1. The first-order chi connectivity index (χ1) is 9.58. The molecule has 0 saturated carbocycles. The van der Waals surface area contributed by atoms with Gasteiger partial charge in [0.1, 0.15) is 0 Å². The van der Waals surface area contributed by atoms with Crippen LogP contribution in [-0.2, 0) is 16.1 Å². The lowest BCUT2D eigenvalue weighted by molar-refractivity contribution is -0.141. The third-order valence-electron chi connectivity index (χ3n) is 3.78. The summed E-state index contributed by atoms with van der Waals surface area (Å²) in [5.74, 6) is -0.208. The number of hydrogen-bond donors (Lipinski definition) is 2. The van der Waals surface area contributed by atoms with Crippen LogP contribution < -0.4 is 11.1 Å². The van der Waals surface area contributed by atoms with Gasteiger partial charge in [-0.2, -0.15) is 0 Å². The molecule has 3 N–H and O–H groups in total. The molecule has 1 heterocycles. The Morgan fingerprint density at radius 1 is 1.33 bits per heavy atom. The van der Waals surface area contributed by atoms with Gasteiger partial charge in [-0.3, -0.25) is 9.59 Å². The predicted octanol–water partition coefficient (Wildman–Crippen LogP) is 0.778. The molecule has 6 heteroatoms. The molecular formula is C15H22ClN3O2. The molecule has 1 atom stereocenters. The highest BCUT2D eigenvalue weighted by molar-refractivity contribution is 5.85. The smallest absolute Gasteiger partial charge is 0.237 e. The molecular weight excluding hydrogens is 290 g/mol. The van der Waals surface area contributed by atoms with Crippen LogP contribution in [0.2, 0.25) is 0 Å². The second-order valence-electron chi connectivity index (χ2n) is 5.35. The van der Waals surface area contributed by atoms with E-state index in [4.69, 9.17) is 5.73 Å². The Balaban J connectivity index is 0.00000220. The molecule has 21 heavy (non-hydrogen) atoms. The van der Waals surface area contributed by atoms with Crippen LogP contribution in [-0.4, -0.2) is 36.3 Å². The summed E-state index contributed by atoms with van der Waals surface area (Å²) in [5.41, 5.74) is 6.26. The molecule has 1 aromatic rings. The van der Waals surface area contributed by atoms with Gasteiger partial charge >= 0.3 is 0 Å². The Bertz CT molecular complexity index is 477. The Morgan fingerprint density at radius 2 is 1.95 bits per heavy atom. The van der Waals surface area contributed by atoms with Gasteiger partial charge in [-0.15, -0.1) is 12.4 Å². The molecule has 1 saturated heterocycles. The second kappa shape index (κ2) is 8.00. The molecule has 1 unspecified atom stereocenters. The van der Waals surface area contributed by atoms with Gasteiger partial charge in [0.05, 0.1) is 6.54 Å². The van der Waals surface area contributed by atoms with Crippen LogP contribution in [0.5, 0.6) is 0 Å². The summed E-state index contributed by atoms with van der Waals surface area (Å²) in [7, 11) is 0. The molecule has 0 bridgehead atoms. The third-order valence-corrected chi connectivity index (χ3v) is 3.78. The maximum Gasteiger partial charge on any atom is 0.237 e. The van der Waals surface area contributed by atoms with E-state index in [9.17, 15) is 9.59 Å². The zero-order chi connectivity index (χ0) is 14.5. The van der Waals surface area contributed by atoms with Crippen molar-refractivity contribution in [2.75, 3.05) is 19.6 Å². The number of hydrogen-bond acceptors (Lipinski definition) is 3. The van der Waals surface area contributed by atoms with Gasteiger partial charge in [0.25, 0.3) is 0 Å². The Hall–Kier alpha value is -1.59. The summed E-state index contributed by atoms with van der Waals surface area (Å²) >= 11 is 0. The fourth-order valence-corrected chi connectivity index (χ4v) is 2.36. The molecule has 0 spiro atoms. The van der Waals surface area contributed by atoms with Crippen molar-refractivity contribution in [1.82, 2.24) is 10.2 Å². The number of primary amides is 1. The van der Waals surface area contributed by atoms with Gasteiger partial charge in [0, 0.05) is 12.5 Å². The summed E-state index contributed by atoms with van der Waals surface area (Å²) in [5, 5.41) is 3.16. The minimum Gasteiger partial charge on any atom is -0.368 e. The van der Waals surface area contributed by atoms with Gasteiger partial charge < -0.3 is 16.0 Å². The lowest BCUT2D eigenvalue weighted by Gasteiger charge is -2.34. The number of nitrogens with one attached hydrogen (secondary N) is 1. The van der Waals surface area contributed by atoms with E-state index in [1.807, 2.05) is 37.3 Å².